The van der Waals surface area contributed by atoms with Crippen molar-refractivity contribution in [1.82, 2.24) is 0 Å². The van der Waals surface area contributed by atoms with E-state index in [1.54, 1.807) is 43.3 Å². The quantitative estimate of drug-likeness (QED) is 0.831. The maximum absolute atomic E-state index is 13.1. The Morgan fingerprint density at radius 2 is 2.00 bits per heavy atom. The molecule has 0 amide bonds. The fourth-order valence-corrected chi connectivity index (χ4v) is 1.98. The summed E-state index contributed by atoms with van der Waals surface area (Å²) in [6, 6.07) is 12.9. The Morgan fingerprint density at radius 3 is 2.70 bits per heavy atom. The highest BCUT2D eigenvalue weighted by atomic mass is 35.5. The topological polar surface area (TPSA) is 26.3 Å². The average Bonchev–Trinajstić information content (AvgIpc) is 2.38. The first-order valence-electron chi connectivity index (χ1n) is 6.24. The molecule has 0 fully saturated rings. The molecule has 0 aliphatic heterocycles. The number of benzene rings is 2. The first-order valence-corrected chi connectivity index (χ1v) is 6.62. The predicted octanol–water partition coefficient (Wildman–Crippen LogP) is 4.06. The van der Waals surface area contributed by atoms with Crippen molar-refractivity contribution in [2.45, 2.75) is 19.4 Å². The van der Waals surface area contributed by atoms with Crippen molar-refractivity contribution in [1.29, 1.82) is 0 Å². The number of ether oxygens (including phenoxy) is 1. The van der Waals surface area contributed by atoms with Crippen LogP contribution in [-0.2, 0) is 11.2 Å². The van der Waals surface area contributed by atoms with Gasteiger partial charge in [0.15, 0.2) is 11.9 Å². The molecule has 2 rings (SSSR count). The second kappa shape index (κ2) is 6.53. The fourth-order valence-electron chi connectivity index (χ4n) is 1.80. The molecule has 0 spiro atoms. The van der Waals surface area contributed by atoms with E-state index >= 15 is 0 Å². The monoisotopic (exact) mass is 292 g/mol. The number of carbonyl (C=O) groups is 1. The molecule has 1 unspecified atom stereocenters. The van der Waals surface area contributed by atoms with Gasteiger partial charge in [0.2, 0.25) is 0 Å². The van der Waals surface area contributed by atoms with Crippen molar-refractivity contribution in [2.24, 2.45) is 0 Å². The lowest BCUT2D eigenvalue weighted by Crippen LogP contribution is -2.25. The second-order valence-corrected chi connectivity index (χ2v) is 4.93. The van der Waals surface area contributed by atoms with Gasteiger partial charge in [0.1, 0.15) is 11.6 Å². The molecule has 2 nitrogen and oxygen atoms in total. The molecule has 0 saturated heterocycles. The van der Waals surface area contributed by atoms with Gasteiger partial charge < -0.3 is 4.74 Å². The maximum Gasteiger partial charge on any atom is 0.177 e. The van der Waals surface area contributed by atoms with E-state index < -0.39 is 6.10 Å². The molecule has 0 radical (unpaired) electrons. The smallest absolute Gasteiger partial charge is 0.177 e. The highest BCUT2D eigenvalue weighted by molar-refractivity contribution is 6.30. The third-order valence-electron chi connectivity index (χ3n) is 2.83. The van der Waals surface area contributed by atoms with Crippen molar-refractivity contribution >= 4 is 17.4 Å². The van der Waals surface area contributed by atoms with Crippen molar-refractivity contribution in [3.05, 3.63) is 64.9 Å². The van der Waals surface area contributed by atoms with Gasteiger partial charge in [0.05, 0.1) is 0 Å². The summed E-state index contributed by atoms with van der Waals surface area (Å²) < 4.78 is 18.6. The van der Waals surface area contributed by atoms with Crippen LogP contribution in [0.5, 0.6) is 5.75 Å². The van der Waals surface area contributed by atoms with Gasteiger partial charge in [-0.3, -0.25) is 4.79 Å². The van der Waals surface area contributed by atoms with Gasteiger partial charge >= 0.3 is 0 Å². The van der Waals surface area contributed by atoms with Crippen LogP contribution in [0.25, 0.3) is 0 Å². The van der Waals surface area contributed by atoms with Gasteiger partial charge in [-0.2, -0.15) is 0 Å². The highest BCUT2D eigenvalue weighted by Gasteiger charge is 2.15. The molecule has 0 aliphatic rings. The number of hydrogen-bond donors (Lipinski definition) is 0. The summed E-state index contributed by atoms with van der Waals surface area (Å²) in [6.07, 6.45) is -0.476. The summed E-state index contributed by atoms with van der Waals surface area (Å²) in [5.41, 5.74) is 0.636. The van der Waals surface area contributed by atoms with Gasteiger partial charge in [-0.05, 0) is 42.8 Å². The number of Topliss-reactive ketones (excluding diaryl/α,β-unsaturated/α-hetero) is 1. The van der Waals surface area contributed by atoms with Gasteiger partial charge in [-0.15, -0.1) is 0 Å². The van der Waals surface area contributed by atoms with Crippen molar-refractivity contribution in [2.75, 3.05) is 0 Å². The van der Waals surface area contributed by atoms with E-state index in [1.807, 2.05) is 0 Å². The molecule has 0 heterocycles. The van der Waals surface area contributed by atoms with Gasteiger partial charge in [0, 0.05) is 11.4 Å². The largest absolute Gasteiger partial charge is 0.483 e. The summed E-state index contributed by atoms with van der Waals surface area (Å²) in [5, 5.41) is 0.548. The van der Waals surface area contributed by atoms with Crippen LogP contribution in [0.2, 0.25) is 5.02 Å². The minimum atomic E-state index is -0.614. The van der Waals surface area contributed by atoms with Crippen LogP contribution >= 0.6 is 11.6 Å². The van der Waals surface area contributed by atoms with Crippen molar-refractivity contribution in [3.8, 4) is 5.75 Å². The van der Waals surface area contributed by atoms with E-state index in [1.165, 1.54) is 12.1 Å². The summed E-state index contributed by atoms with van der Waals surface area (Å²) in [6.45, 7) is 1.67. The lowest BCUT2D eigenvalue weighted by Gasteiger charge is -2.14. The van der Waals surface area contributed by atoms with Gasteiger partial charge in [-0.1, -0.05) is 29.8 Å². The van der Waals surface area contributed by atoms with E-state index in [0.717, 1.165) is 0 Å². The Hall–Kier alpha value is -1.87. The SMILES string of the molecule is CC(Oc1cccc(Cl)c1)C(=O)Cc1cccc(F)c1. The van der Waals surface area contributed by atoms with Crippen LogP contribution in [0.1, 0.15) is 12.5 Å². The van der Waals surface area contributed by atoms with Gasteiger partial charge in [0.25, 0.3) is 0 Å². The Labute approximate surface area is 122 Å². The number of carbonyl (C=O) groups excluding carboxylic acids is 1. The molecule has 0 aromatic heterocycles. The third kappa shape index (κ3) is 4.07. The number of halogens is 2. The highest BCUT2D eigenvalue weighted by Crippen LogP contribution is 2.19. The van der Waals surface area contributed by atoms with E-state index in [4.69, 9.17) is 16.3 Å². The van der Waals surface area contributed by atoms with Crippen LogP contribution in [0.3, 0.4) is 0 Å². The second-order valence-electron chi connectivity index (χ2n) is 4.49. The zero-order valence-electron chi connectivity index (χ0n) is 11.0. The van der Waals surface area contributed by atoms with E-state index in [2.05, 4.69) is 0 Å². The Morgan fingerprint density at radius 1 is 1.25 bits per heavy atom. The first kappa shape index (κ1) is 14.5. The molecule has 0 aliphatic carbocycles. The summed E-state index contributed by atoms with van der Waals surface area (Å²) >= 11 is 5.85. The van der Waals surface area contributed by atoms with E-state index in [9.17, 15) is 9.18 Å². The van der Waals surface area contributed by atoms with Crippen LogP contribution < -0.4 is 4.74 Å². The van der Waals surface area contributed by atoms with Crippen molar-refractivity contribution < 1.29 is 13.9 Å². The molecule has 2 aromatic carbocycles. The standard InChI is InChI=1S/C16H14ClFO2/c1-11(20-15-7-3-5-13(17)10-15)16(19)9-12-4-2-6-14(18)8-12/h2-8,10-11H,9H2,1H3. The molecular weight excluding hydrogens is 279 g/mol. The Balaban J connectivity index is 1.98. The Bertz CT molecular complexity index is 613. The normalized spacial score (nSPS) is 11.9. The minimum Gasteiger partial charge on any atom is -0.483 e. The molecule has 20 heavy (non-hydrogen) atoms. The zero-order valence-corrected chi connectivity index (χ0v) is 11.7. The lowest BCUT2D eigenvalue weighted by atomic mass is 10.1. The summed E-state index contributed by atoms with van der Waals surface area (Å²) in [7, 11) is 0. The van der Waals surface area contributed by atoms with E-state index in [0.29, 0.717) is 16.3 Å². The average molecular weight is 293 g/mol. The van der Waals surface area contributed by atoms with Gasteiger partial charge in [-0.25, -0.2) is 4.39 Å². The minimum absolute atomic E-state index is 0.115. The molecule has 0 bridgehead atoms. The molecule has 0 N–H and O–H groups in total. The third-order valence-corrected chi connectivity index (χ3v) is 3.06. The molecular formula is C16H14ClFO2. The van der Waals surface area contributed by atoms with Crippen molar-refractivity contribution in [3.63, 3.8) is 0 Å². The number of ketones is 1. The number of rotatable bonds is 5. The number of hydrogen-bond acceptors (Lipinski definition) is 2. The van der Waals surface area contributed by atoms with Crippen LogP contribution in [0.15, 0.2) is 48.5 Å². The molecule has 104 valence electrons. The Kier molecular flexibility index (Phi) is 4.74. The zero-order chi connectivity index (χ0) is 14.5. The van der Waals surface area contributed by atoms with Crippen LogP contribution in [0, 0.1) is 5.82 Å². The molecule has 1 atom stereocenters. The van der Waals surface area contributed by atoms with E-state index in [-0.39, 0.29) is 18.0 Å². The predicted molar refractivity (Wildman–Crippen MR) is 76.7 cm³/mol. The summed E-state index contributed by atoms with van der Waals surface area (Å²) in [5.74, 6) is 0.0758. The maximum atomic E-state index is 13.1. The molecule has 0 saturated carbocycles. The lowest BCUT2D eigenvalue weighted by molar-refractivity contribution is -0.124. The van der Waals surface area contributed by atoms with Crippen LogP contribution in [-0.4, -0.2) is 11.9 Å². The first-order chi connectivity index (χ1) is 9.54. The fraction of sp³-hybridized carbons (Fsp3) is 0.188. The molecule has 2 aromatic rings. The van der Waals surface area contributed by atoms with Crippen LogP contribution in [0.4, 0.5) is 4.39 Å². The molecule has 4 heteroatoms. The summed E-state index contributed by atoms with van der Waals surface area (Å²) in [4.78, 5) is 12.0.